The number of aliphatic imine (C=N–C) groups is 1. The first-order chi connectivity index (χ1) is 4.79. The number of hydrogen-bond acceptors (Lipinski definition) is 3. The summed E-state index contributed by atoms with van der Waals surface area (Å²) in [6.07, 6.45) is 2.99. The summed E-state index contributed by atoms with van der Waals surface area (Å²) in [6.45, 7) is 2.09. The van der Waals surface area contributed by atoms with E-state index in [-0.39, 0.29) is 24.8 Å². The fourth-order valence-electron chi connectivity index (χ4n) is 0.979. The molecule has 0 fully saturated rings. The van der Waals surface area contributed by atoms with E-state index < -0.39 is 0 Å². The van der Waals surface area contributed by atoms with Crippen LogP contribution in [0.15, 0.2) is 4.99 Å². The molecule has 0 spiro atoms. The van der Waals surface area contributed by atoms with E-state index in [0.29, 0.717) is 6.04 Å². The summed E-state index contributed by atoms with van der Waals surface area (Å²) in [6, 6.07) is 0.586. The average Bonchev–Trinajstić information content (AvgIpc) is 2.34. The number of nitrogens with zero attached hydrogens (tertiary/aromatic N) is 2. The van der Waals surface area contributed by atoms with Crippen molar-refractivity contribution in [3.63, 3.8) is 0 Å². The van der Waals surface area contributed by atoms with E-state index in [1.807, 2.05) is 0 Å². The lowest BCUT2D eigenvalue weighted by molar-refractivity contribution is 0.378. The van der Waals surface area contributed by atoms with Crippen LogP contribution < -0.4 is 5.32 Å². The maximum Gasteiger partial charge on any atom is 0.0827 e. The average molecular weight is 214 g/mol. The van der Waals surface area contributed by atoms with Crippen LogP contribution in [0.5, 0.6) is 0 Å². The Labute approximate surface area is 86.4 Å². The Morgan fingerprint density at radius 3 is 2.58 bits per heavy atom. The zero-order chi connectivity index (χ0) is 7.40. The van der Waals surface area contributed by atoms with E-state index in [1.165, 1.54) is 6.42 Å². The van der Waals surface area contributed by atoms with Crippen LogP contribution in [-0.2, 0) is 0 Å². The van der Waals surface area contributed by atoms with E-state index in [2.05, 4.69) is 29.3 Å². The van der Waals surface area contributed by atoms with Gasteiger partial charge in [-0.05, 0) is 27.1 Å². The zero-order valence-electron chi connectivity index (χ0n) is 7.49. The summed E-state index contributed by atoms with van der Waals surface area (Å²) in [5, 5.41) is 3.19. The third kappa shape index (κ3) is 5.63. The molecule has 0 radical (unpaired) electrons. The highest BCUT2D eigenvalue weighted by Crippen LogP contribution is 1.96. The van der Waals surface area contributed by atoms with Crippen LogP contribution in [0.2, 0.25) is 0 Å². The molecule has 0 amide bonds. The van der Waals surface area contributed by atoms with Crippen LogP contribution in [0.4, 0.5) is 0 Å². The molecule has 0 aromatic heterocycles. The highest BCUT2D eigenvalue weighted by Gasteiger charge is 2.08. The lowest BCUT2D eigenvalue weighted by Gasteiger charge is -2.13. The lowest BCUT2D eigenvalue weighted by atomic mass is 10.2. The van der Waals surface area contributed by atoms with E-state index >= 15 is 0 Å². The molecule has 12 heavy (non-hydrogen) atoms. The molecule has 0 saturated carbocycles. The molecule has 0 aromatic carbocycles. The Kier molecular flexibility index (Phi) is 9.26. The first-order valence-corrected chi connectivity index (χ1v) is 3.68. The maximum atomic E-state index is 4.09. The molecule has 5 heteroatoms. The molecule has 74 valence electrons. The number of nitrogens with one attached hydrogen (secondary N) is 1. The predicted octanol–water partition coefficient (Wildman–Crippen LogP) is 0.782. The smallest absolute Gasteiger partial charge is 0.0827 e. The summed E-state index contributed by atoms with van der Waals surface area (Å²) >= 11 is 0. The van der Waals surface area contributed by atoms with E-state index in [0.717, 1.165) is 13.1 Å². The minimum atomic E-state index is 0. The quantitative estimate of drug-likeness (QED) is 0.751. The van der Waals surface area contributed by atoms with Gasteiger partial charge in [0.05, 0.1) is 12.9 Å². The largest absolute Gasteiger partial charge is 0.372 e. The monoisotopic (exact) mass is 213 g/mol. The molecule has 1 heterocycles. The zero-order valence-corrected chi connectivity index (χ0v) is 9.12. The molecular weight excluding hydrogens is 197 g/mol. The molecule has 1 aliphatic rings. The normalized spacial score (nSPS) is 19.8. The van der Waals surface area contributed by atoms with Crippen LogP contribution in [0, 0.1) is 0 Å². The van der Waals surface area contributed by atoms with E-state index in [4.69, 9.17) is 0 Å². The molecule has 1 aliphatic heterocycles. The number of rotatable bonds is 3. The summed E-state index contributed by atoms with van der Waals surface area (Å²) in [5.74, 6) is 0. The van der Waals surface area contributed by atoms with Gasteiger partial charge in [0.25, 0.3) is 0 Å². The van der Waals surface area contributed by atoms with Crippen LogP contribution in [0.1, 0.15) is 6.42 Å². The molecular formula is C7H17Cl2N3. The summed E-state index contributed by atoms with van der Waals surface area (Å²) in [5.41, 5.74) is 0. The maximum absolute atomic E-state index is 4.09. The SMILES string of the molecule is CN(C)CC[C@H]1CN=CN1.Cl.Cl. The fourth-order valence-corrected chi connectivity index (χ4v) is 0.979. The third-order valence-electron chi connectivity index (χ3n) is 1.65. The summed E-state index contributed by atoms with van der Waals surface area (Å²) in [4.78, 5) is 6.28. The van der Waals surface area contributed by atoms with Gasteiger partial charge in [0.1, 0.15) is 0 Å². The minimum Gasteiger partial charge on any atom is -0.372 e. The van der Waals surface area contributed by atoms with Crippen molar-refractivity contribution in [1.29, 1.82) is 0 Å². The standard InChI is InChI=1S/C7H15N3.2ClH/c1-10(2)4-3-7-5-8-6-9-7;;/h6-7H,3-5H2,1-2H3,(H,8,9);2*1H/t7-;;/m0../s1. The van der Waals surface area contributed by atoms with Crippen molar-refractivity contribution in [1.82, 2.24) is 10.2 Å². The van der Waals surface area contributed by atoms with Crippen molar-refractivity contribution >= 4 is 31.2 Å². The molecule has 0 aliphatic carbocycles. The van der Waals surface area contributed by atoms with Crippen LogP contribution >= 0.6 is 24.8 Å². The van der Waals surface area contributed by atoms with Gasteiger partial charge < -0.3 is 10.2 Å². The molecule has 3 nitrogen and oxygen atoms in total. The lowest BCUT2D eigenvalue weighted by Crippen LogP contribution is -2.29. The van der Waals surface area contributed by atoms with Crippen LogP contribution in [0.3, 0.4) is 0 Å². The van der Waals surface area contributed by atoms with Gasteiger partial charge in [-0.1, -0.05) is 0 Å². The Morgan fingerprint density at radius 2 is 2.17 bits per heavy atom. The Morgan fingerprint density at radius 1 is 1.50 bits per heavy atom. The van der Waals surface area contributed by atoms with Gasteiger partial charge in [-0.15, -0.1) is 24.8 Å². The van der Waals surface area contributed by atoms with Gasteiger partial charge in [-0.2, -0.15) is 0 Å². The van der Waals surface area contributed by atoms with Crippen molar-refractivity contribution in [2.75, 3.05) is 27.2 Å². The molecule has 0 unspecified atom stereocenters. The van der Waals surface area contributed by atoms with Crippen molar-refractivity contribution < 1.29 is 0 Å². The summed E-state index contributed by atoms with van der Waals surface area (Å²) in [7, 11) is 4.19. The minimum absolute atomic E-state index is 0. The van der Waals surface area contributed by atoms with Crippen molar-refractivity contribution in [3.8, 4) is 0 Å². The topological polar surface area (TPSA) is 27.6 Å². The second-order valence-corrected chi connectivity index (χ2v) is 2.95. The first kappa shape index (κ1) is 14.5. The van der Waals surface area contributed by atoms with E-state index in [1.54, 1.807) is 6.34 Å². The van der Waals surface area contributed by atoms with Gasteiger partial charge in [0, 0.05) is 6.04 Å². The fraction of sp³-hybridized carbons (Fsp3) is 0.857. The second-order valence-electron chi connectivity index (χ2n) is 2.95. The molecule has 1 rings (SSSR count). The second kappa shape index (κ2) is 7.65. The van der Waals surface area contributed by atoms with Crippen LogP contribution in [-0.4, -0.2) is 44.5 Å². The third-order valence-corrected chi connectivity index (χ3v) is 1.65. The van der Waals surface area contributed by atoms with Crippen molar-refractivity contribution in [2.45, 2.75) is 12.5 Å². The van der Waals surface area contributed by atoms with Gasteiger partial charge >= 0.3 is 0 Å². The molecule has 0 saturated heterocycles. The molecule has 1 N–H and O–H groups in total. The van der Waals surface area contributed by atoms with Gasteiger partial charge in [-0.25, -0.2) is 0 Å². The van der Waals surface area contributed by atoms with Crippen molar-refractivity contribution in [3.05, 3.63) is 0 Å². The Balaban J connectivity index is 0. The van der Waals surface area contributed by atoms with Gasteiger partial charge in [0.15, 0.2) is 0 Å². The highest BCUT2D eigenvalue weighted by atomic mass is 35.5. The van der Waals surface area contributed by atoms with Crippen LogP contribution in [0.25, 0.3) is 0 Å². The van der Waals surface area contributed by atoms with Crippen molar-refractivity contribution in [2.24, 2.45) is 4.99 Å². The molecule has 0 bridgehead atoms. The summed E-state index contributed by atoms with van der Waals surface area (Å²) < 4.78 is 0. The number of hydrogen-bond donors (Lipinski definition) is 1. The highest BCUT2D eigenvalue weighted by molar-refractivity contribution is 5.85. The first-order valence-electron chi connectivity index (χ1n) is 3.68. The van der Waals surface area contributed by atoms with Gasteiger partial charge in [0.2, 0.25) is 0 Å². The Bertz CT molecular complexity index is 120. The predicted molar refractivity (Wildman–Crippen MR) is 57.9 cm³/mol. The van der Waals surface area contributed by atoms with E-state index in [9.17, 15) is 0 Å². The number of halogens is 2. The Hall–Kier alpha value is 0.01000. The van der Waals surface area contributed by atoms with Gasteiger partial charge in [-0.3, -0.25) is 4.99 Å². The molecule has 1 atom stereocenters. The molecule has 0 aromatic rings.